The van der Waals surface area contributed by atoms with Gasteiger partial charge in [-0.05, 0) is 81.0 Å². The minimum absolute atomic E-state index is 0.193. The van der Waals surface area contributed by atoms with Crippen molar-refractivity contribution in [2.24, 2.45) is 0 Å². The number of rotatable bonds is 6. The van der Waals surface area contributed by atoms with E-state index in [4.69, 9.17) is 4.98 Å². The van der Waals surface area contributed by atoms with Gasteiger partial charge in [-0.1, -0.05) is 37.6 Å². The van der Waals surface area contributed by atoms with E-state index in [1.807, 2.05) is 50.2 Å². The molecule has 2 aromatic carbocycles. The number of amides is 1. The van der Waals surface area contributed by atoms with Crippen molar-refractivity contribution in [1.29, 1.82) is 0 Å². The number of carbonyl (C=O) groups excluding carboxylic acids is 1. The molecule has 38 heavy (non-hydrogen) atoms. The molecule has 3 heterocycles. The van der Waals surface area contributed by atoms with Crippen molar-refractivity contribution >= 4 is 27.3 Å². The minimum atomic E-state index is -3.68. The number of carbonyl (C=O) groups is 1. The van der Waals surface area contributed by atoms with Crippen molar-refractivity contribution in [2.45, 2.75) is 58.3 Å². The molecule has 4 aromatic rings. The number of fused-ring (bicyclic) bond motifs is 1. The molecule has 198 valence electrons. The van der Waals surface area contributed by atoms with Gasteiger partial charge in [-0.3, -0.25) is 4.79 Å². The number of piperidine rings is 1. The fourth-order valence-electron chi connectivity index (χ4n) is 5.08. The van der Waals surface area contributed by atoms with Crippen molar-refractivity contribution in [2.75, 3.05) is 18.4 Å². The van der Waals surface area contributed by atoms with E-state index in [-0.39, 0.29) is 16.5 Å². The predicted molar refractivity (Wildman–Crippen MR) is 149 cm³/mol. The maximum atomic E-state index is 13.6. The van der Waals surface area contributed by atoms with Crippen LogP contribution in [0.3, 0.4) is 0 Å². The molecule has 8 nitrogen and oxygen atoms in total. The molecule has 0 aliphatic carbocycles. The smallest absolute Gasteiger partial charge is 0.276 e. The lowest BCUT2D eigenvalue weighted by Gasteiger charge is -2.26. The second-order valence-corrected chi connectivity index (χ2v) is 11.9. The summed E-state index contributed by atoms with van der Waals surface area (Å²) in [4.78, 5) is 18.6. The summed E-state index contributed by atoms with van der Waals surface area (Å²) >= 11 is 0. The lowest BCUT2D eigenvalue weighted by Crippen LogP contribution is -2.35. The average Bonchev–Trinajstić information content (AvgIpc) is 3.29. The molecule has 0 radical (unpaired) electrons. The molecule has 9 heteroatoms. The zero-order chi connectivity index (χ0) is 27.0. The van der Waals surface area contributed by atoms with Gasteiger partial charge in [0.25, 0.3) is 5.91 Å². The van der Waals surface area contributed by atoms with Gasteiger partial charge in [-0.25, -0.2) is 17.9 Å². The Morgan fingerprint density at radius 1 is 1.00 bits per heavy atom. The number of anilines is 1. The van der Waals surface area contributed by atoms with E-state index in [1.54, 1.807) is 27.9 Å². The summed E-state index contributed by atoms with van der Waals surface area (Å²) in [5, 5.41) is 7.63. The van der Waals surface area contributed by atoms with Crippen LogP contribution in [0.2, 0.25) is 0 Å². The summed E-state index contributed by atoms with van der Waals surface area (Å²) in [7, 11) is -3.68. The van der Waals surface area contributed by atoms with Crippen LogP contribution < -0.4 is 5.32 Å². The Balaban J connectivity index is 1.66. The topological polar surface area (TPSA) is 96.7 Å². The molecule has 2 aromatic heterocycles. The van der Waals surface area contributed by atoms with Crippen LogP contribution in [0.1, 0.15) is 59.2 Å². The first-order chi connectivity index (χ1) is 18.2. The van der Waals surface area contributed by atoms with Gasteiger partial charge in [0.05, 0.1) is 10.5 Å². The lowest BCUT2D eigenvalue weighted by molar-refractivity contribution is 0.102. The van der Waals surface area contributed by atoms with Crippen LogP contribution in [0.25, 0.3) is 16.8 Å². The Kier molecular flexibility index (Phi) is 7.07. The van der Waals surface area contributed by atoms with Crippen LogP contribution in [0.15, 0.2) is 53.4 Å². The second kappa shape index (κ2) is 10.3. The van der Waals surface area contributed by atoms with Crippen molar-refractivity contribution < 1.29 is 13.2 Å². The van der Waals surface area contributed by atoms with E-state index in [0.29, 0.717) is 41.1 Å². The first-order valence-electron chi connectivity index (χ1n) is 13.1. The number of hydrogen-bond donors (Lipinski definition) is 1. The number of nitrogens with zero attached hydrogens (tertiary/aromatic N) is 4. The molecule has 0 saturated carbocycles. The maximum absolute atomic E-state index is 13.6. The third-order valence-corrected chi connectivity index (χ3v) is 9.15. The van der Waals surface area contributed by atoms with E-state index < -0.39 is 10.0 Å². The van der Waals surface area contributed by atoms with Crippen LogP contribution in [0.5, 0.6) is 0 Å². The molecular weight excluding hydrogens is 498 g/mol. The Morgan fingerprint density at radius 3 is 2.50 bits per heavy atom. The highest BCUT2D eigenvalue weighted by molar-refractivity contribution is 7.89. The largest absolute Gasteiger partial charge is 0.321 e. The Hall–Kier alpha value is -3.56. The van der Waals surface area contributed by atoms with E-state index in [2.05, 4.69) is 17.3 Å². The number of nitrogens with one attached hydrogen (secondary N) is 1. The van der Waals surface area contributed by atoms with Crippen LogP contribution in [-0.2, 0) is 16.4 Å². The van der Waals surface area contributed by atoms with Gasteiger partial charge in [-0.2, -0.15) is 9.40 Å². The quantitative estimate of drug-likeness (QED) is 0.364. The Labute approximate surface area is 223 Å². The molecule has 0 bridgehead atoms. The molecule has 1 aliphatic heterocycles. The molecule has 0 spiro atoms. The molecule has 1 aliphatic rings. The van der Waals surface area contributed by atoms with Crippen LogP contribution in [0.4, 0.5) is 5.69 Å². The number of hydrogen-bond acceptors (Lipinski definition) is 5. The van der Waals surface area contributed by atoms with E-state index in [9.17, 15) is 13.2 Å². The van der Waals surface area contributed by atoms with Gasteiger partial charge >= 0.3 is 0 Å². The fraction of sp³-hybridized carbons (Fsp3) is 0.345. The summed E-state index contributed by atoms with van der Waals surface area (Å²) < 4.78 is 30.5. The fourth-order valence-corrected chi connectivity index (χ4v) is 6.85. The van der Waals surface area contributed by atoms with Crippen molar-refractivity contribution in [3.63, 3.8) is 0 Å². The minimum Gasteiger partial charge on any atom is -0.321 e. The SMILES string of the molecule is CCc1cccc(NC(=O)c2nn3c(C)cc(C)nc3c2-c2ccc(C)c(S(=O)(=O)N3CCCCC3)c2)c1. The van der Waals surface area contributed by atoms with Gasteiger partial charge in [0.2, 0.25) is 10.0 Å². The highest BCUT2D eigenvalue weighted by atomic mass is 32.2. The maximum Gasteiger partial charge on any atom is 0.276 e. The summed E-state index contributed by atoms with van der Waals surface area (Å²) in [5.41, 5.74) is 5.87. The van der Waals surface area contributed by atoms with Crippen molar-refractivity contribution in [1.82, 2.24) is 18.9 Å². The Bertz CT molecular complexity index is 1640. The monoisotopic (exact) mass is 531 g/mol. The van der Waals surface area contributed by atoms with E-state index >= 15 is 0 Å². The summed E-state index contributed by atoms with van der Waals surface area (Å²) in [6, 6.07) is 14.9. The standard InChI is InChI=1S/C29H33N5O3S/c1-5-22-10-9-11-24(17-22)31-29(35)27-26(28-30-20(3)16-21(4)34(28)32-27)23-13-12-19(2)25(18-23)38(36,37)33-14-7-6-8-15-33/h9-13,16-18H,5-8,14-15H2,1-4H3,(H,31,35). The normalized spacial score (nSPS) is 14.6. The second-order valence-electron chi connectivity index (χ2n) is 9.95. The summed E-state index contributed by atoms with van der Waals surface area (Å²) in [5.74, 6) is -0.378. The third kappa shape index (κ3) is 4.83. The van der Waals surface area contributed by atoms with Crippen molar-refractivity contribution in [3.8, 4) is 11.1 Å². The third-order valence-electron chi connectivity index (χ3n) is 7.11. The molecular formula is C29H33N5O3S. The van der Waals surface area contributed by atoms with E-state index in [1.165, 1.54) is 0 Å². The number of benzene rings is 2. The van der Waals surface area contributed by atoms with Crippen LogP contribution >= 0.6 is 0 Å². The molecule has 1 N–H and O–H groups in total. The number of sulfonamides is 1. The van der Waals surface area contributed by atoms with Gasteiger partial charge in [0.1, 0.15) is 0 Å². The molecule has 1 amide bonds. The molecule has 1 fully saturated rings. The first kappa shape index (κ1) is 26.1. The zero-order valence-corrected chi connectivity index (χ0v) is 23.1. The average molecular weight is 532 g/mol. The summed E-state index contributed by atoms with van der Waals surface area (Å²) in [6.07, 6.45) is 3.61. The molecule has 0 unspecified atom stereocenters. The van der Waals surface area contributed by atoms with Gasteiger partial charge < -0.3 is 5.32 Å². The van der Waals surface area contributed by atoms with Crippen LogP contribution in [0, 0.1) is 20.8 Å². The van der Waals surface area contributed by atoms with E-state index in [0.717, 1.165) is 42.6 Å². The first-order valence-corrected chi connectivity index (χ1v) is 14.5. The predicted octanol–water partition coefficient (Wildman–Crippen LogP) is 5.31. The molecule has 1 saturated heterocycles. The highest BCUT2D eigenvalue weighted by Crippen LogP contribution is 2.33. The molecule has 0 atom stereocenters. The van der Waals surface area contributed by atoms with Gasteiger partial charge in [0.15, 0.2) is 11.3 Å². The molecule has 5 rings (SSSR count). The number of aromatic nitrogens is 3. The zero-order valence-electron chi connectivity index (χ0n) is 22.3. The van der Waals surface area contributed by atoms with Crippen LogP contribution in [-0.4, -0.2) is 46.3 Å². The van der Waals surface area contributed by atoms with Gasteiger partial charge in [0, 0.05) is 30.2 Å². The van der Waals surface area contributed by atoms with Gasteiger partial charge in [-0.15, -0.1) is 0 Å². The highest BCUT2D eigenvalue weighted by Gasteiger charge is 2.29. The Morgan fingerprint density at radius 2 is 1.76 bits per heavy atom. The number of aryl methyl sites for hydroxylation is 4. The van der Waals surface area contributed by atoms with Crippen molar-refractivity contribution in [3.05, 3.63) is 76.7 Å². The lowest BCUT2D eigenvalue weighted by atomic mass is 10.0. The summed E-state index contributed by atoms with van der Waals surface area (Å²) in [6.45, 7) is 8.70.